The molecule has 4 N–H and O–H groups in total. The zero-order valence-corrected chi connectivity index (χ0v) is 18.6. The Bertz CT molecular complexity index is 1140. The highest BCUT2D eigenvalue weighted by Gasteiger charge is 2.35. The molecule has 8 heteroatoms. The van der Waals surface area contributed by atoms with Gasteiger partial charge in [0.2, 0.25) is 0 Å². The van der Waals surface area contributed by atoms with Crippen LogP contribution in [0, 0.1) is 13.8 Å². The van der Waals surface area contributed by atoms with Gasteiger partial charge < -0.3 is 29.9 Å². The molecule has 3 aromatic carbocycles. The maximum Gasteiger partial charge on any atom is 0.338 e. The number of phenols is 4. The second-order valence-electron chi connectivity index (χ2n) is 8.34. The van der Waals surface area contributed by atoms with Crippen LogP contribution in [-0.4, -0.2) is 44.6 Å². The molecule has 176 valence electrons. The highest BCUT2D eigenvalue weighted by molar-refractivity contribution is 5.92. The number of rotatable bonds is 4. The summed E-state index contributed by atoms with van der Waals surface area (Å²) in [4.78, 5) is 25.6. The van der Waals surface area contributed by atoms with Gasteiger partial charge in [-0.2, -0.15) is 0 Å². The number of benzene rings is 3. The van der Waals surface area contributed by atoms with Crippen molar-refractivity contribution in [3.8, 4) is 23.0 Å². The quantitative estimate of drug-likeness (QED) is 0.430. The zero-order chi connectivity index (χ0) is 24.6. The first kappa shape index (κ1) is 23.0. The Morgan fingerprint density at radius 3 is 1.32 bits per heavy atom. The fraction of sp³-hybridized carbons (Fsp3) is 0.231. The third-order valence-corrected chi connectivity index (χ3v) is 6.07. The van der Waals surface area contributed by atoms with E-state index >= 15 is 0 Å². The van der Waals surface area contributed by atoms with Crippen LogP contribution < -0.4 is 0 Å². The number of hydrogen-bond acceptors (Lipinski definition) is 8. The van der Waals surface area contributed by atoms with E-state index in [1.807, 2.05) is 24.3 Å². The van der Waals surface area contributed by atoms with Crippen LogP contribution in [0.2, 0.25) is 0 Å². The molecule has 0 saturated carbocycles. The summed E-state index contributed by atoms with van der Waals surface area (Å²) in [5.74, 6) is -2.57. The summed E-state index contributed by atoms with van der Waals surface area (Å²) in [7, 11) is 0. The molecule has 2 unspecified atom stereocenters. The maximum absolute atomic E-state index is 12.8. The fourth-order valence-corrected chi connectivity index (χ4v) is 3.90. The van der Waals surface area contributed by atoms with Crippen molar-refractivity contribution in [3.63, 3.8) is 0 Å². The van der Waals surface area contributed by atoms with Gasteiger partial charge in [0.1, 0.15) is 35.2 Å². The van der Waals surface area contributed by atoms with Crippen LogP contribution in [0.15, 0.2) is 48.5 Å². The SMILES string of the molecule is Cc1c(O)cc(C(=O)OC2Cc3ccccc3CC2OC(=O)c2cc(O)c(C)c(O)c2)cc1O. The van der Waals surface area contributed by atoms with Crippen LogP contribution in [0.25, 0.3) is 0 Å². The van der Waals surface area contributed by atoms with Crippen molar-refractivity contribution in [2.75, 3.05) is 0 Å². The molecule has 0 spiro atoms. The van der Waals surface area contributed by atoms with E-state index in [2.05, 4.69) is 0 Å². The Morgan fingerprint density at radius 1 is 0.676 bits per heavy atom. The van der Waals surface area contributed by atoms with Crippen molar-refractivity contribution in [2.24, 2.45) is 0 Å². The van der Waals surface area contributed by atoms with Crippen molar-refractivity contribution in [2.45, 2.75) is 38.9 Å². The molecule has 0 fully saturated rings. The third-order valence-electron chi connectivity index (χ3n) is 6.07. The predicted octanol–water partition coefficient (Wildman–Crippen LogP) is 3.68. The predicted molar refractivity (Wildman–Crippen MR) is 121 cm³/mol. The van der Waals surface area contributed by atoms with E-state index < -0.39 is 24.1 Å². The summed E-state index contributed by atoms with van der Waals surface area (Å²) < 4.78 is 11.3. The van der Waals surface area contributed by atoms with Crippen LogP contribution in [0.4, 0.5) is 0 Å². The lowest BCUT2D eigenvalue weighted by Crippen LogP contribution is -2.41. The van der Waals surface area contributed by atoms with E-state index in [1.54, 1.807) is 0 Å². The summed E-state index contributed by atoms with van der Waals surface area (Å²) >= 11 is 0. The Morgan fingerprint density at radius 2 is 1.00 bits per heavy atom. The first-order valence-electron chi connectivity index (χ1n) is 10.7. The Balaban J connectivity index is 1.60. The van der Waals surface area contributed by atoms with E-state index in [1.165, 1.54) is 38.1 Å². The minimum Gasteiger partial charge on any atom is -0.508 e. The van der Waals surface area contributed by atoms with Gasteiger partial charge in [-0.3, -0.25) is 0 Å². The van der Waals surface area contributed by atoms with E-state index in [9.17, 15) is 30.0 Å². The number of carbonyl (C=O) groups excluding carboxylic acids is 2. The number of carbonyl (C=O) groups is 2. The van der Waals surface area contributed by atoms with E-state index in [0.717, 1.165) is 11.1 Å². The molecule has 0 aliphatic heterocycles. The second kappa shape index (κ2) is 8.97. The van der Waals surface area contributed by atoms with E-state index in [4.69, 9.17) is 9.47 Å². The molecule has 34 heavy (non-hydrogen) atoms. The van der Waals surface area contributed by atoms with E-state index in [-0.39, 0.29) is 58.1 Å². The molecular formula is C26H24O8. The average Bonchev–Trinajstić information content (AvgIpc) is 2.80. The summed E-state index contributed by atoms with van der Waals surface area (Å²) in [5, 5.41) is 39.8. The van der Waals surface area contributed by atoms with Crippen LogP contribution in [0.3, 0.4) is 0 Å². The summed E-state index contributed by atoms with van der Waals surface area (Å²) in [5.41, 5.74) is 2.26. The molecule has 0 saturated heterocycles. The highest BCUT2D eigenvalue weighted by Crippen LogP contribution is 2.32. The molecule has 1 aliphatic carbocycles. The van der Waals surface area contributed by atoms with Gasteiger partial charge in [0.05, 0.1) is 11.1 Å². The molecule has 0 aromatic heterocycles. The highest BCUT2D eigenvalue weighted by atomic mass is 16.6. The number of phenolic OH excluding ortho intramolecular Hbond substituents is 4. The van der Waals surface area contributed by atoms with Crippen molar-refractivity contribution in [1.29, 1.82) is 0 Å². The largest absolute Gasteiger partial charge is 0.508 e. The lowest BCUT2D eigenvalue weighted by molar-refractivity contribution is -0.0389. The lowest BCUT2D eigenvalue weighted by atomic mass is 9.87. The molecule has 8 nitrogen and oxygen atoms in total. The zero-order valence-electron chi connectivity index (χ0n) is 18.6. The van der Waals surface area contributed by atoms with Crippen LogP contribution in [-0.2, 0) is 22.3 Å². The van der Waals surface area contributed by atoms with Crippen molar-refractivity contribution in [3.05, 3.63) is 81.9 Å². The number of esters is 2. The molecule has 0 heterocycles. The van der Waals surface area contributed by atoms with Gasteiger partial charge in [-0.05, 0) is 49.2 Å². The average molecular weight is 464 g/mol. The van der Waals surface area contributed by atoms with Crippen LogP contribution >= 0.6 is 0 Å². The standard InChI is InChI=1S/C26H24O8/c1-13-19(27)7-17(8-20(13)28)25(31)33-23-11-15-5-3-4-6-16(15)12-24(23)34-26(32)18-9-21(29)14(2)22(30)10-18/h3-10,23-24,27-30H,11-12H2,1-2H3. The second-order valence-corrected chi connectivity index (χ2v) is 8.34. The van der Waals surface area contributed by atoms with Gasteiger partial charge in [-0.15, -0.1) is 0 Å². The summed E-state index contributed by atoms with van der Waals surface area (Å²) in [6.07, 6.45) is -1.11. The molecular weight excluding hydrogens is 440 g/mol. The Kier molecular flexibility index (Phi) is 6.06. The van der Waals surface area contributed by atoms with Gasteiger partial charge in [-0.25, -0.2) is 9.59 Å². The van der Waals surface area contributed by atoms with Crippen molar-refractivity contribution in [1.82, 2.24) is 0 Å². The third kappa shape index (κ3) is 4.47. The van der Waals surface area contributed by atoms with E-state index in [0.29, 0.717) is 0 Å². The first-order chi connectivity index (χ1) is 16.1. The number of aromatic hydroxyl groups is 4. The Labute approximate surface area is 195 Å². The number of ether oxygens (including phenoxy) is 2. The smallest absolute Gasteiger partial charge is 0.338 e. The minimum absolute atomic E-state index is 0.0436. The van der Waals surface area contributed by atoms with Crippen LogP contribution in [0.1, 0.15) is 43.0 Å². The molecule has 2 atom stereocenters. The Hall–Kier alpha value is -4.20. The molecule has 0 radical (unpaired) electrons. The molecule has 1 aliphatic rings. The lowest BCUT2D eigenvalue weighted by Gasteiger charge is -2.32. The van der Waals surface area contributed by atoms with Gasteiger partial charge in [0.25, 0.3) is 0 Å². The van der Waals surface area contributed by atoms with Gasteiger partial charge in [0, 0.05) is 24.0 Å². The number of fused-ring (bicyclic) bond motifs is 1. The normalized spacial score (nSPS) is 17.0. The summed E-state index contributed by atoms with van der Waals surface area (Å²) in [6, 6.07) is 12.3. The fourth-order valence-electron chi connectivity index (χ4n) is 3.90. The first-order valence-corrected chi connectivity index (χ1v) is 10.7. The molecule has 0 amide bonds. The van der Waals surface area contributed by atoms with Gasteiger partial charge in [0.15, 0.2) is 0 Å². The van der Waals surface area contributed by atoms with Crippen molar-refractivity contribution < 1.29 is 39.5 Å². The maximum atomic E-state index is 12.8. The topological polar surface area (TPSA) is 134 Å². The van der Waals surface area contributed by atoms with Crippen LogP contribution in [0.5, 0.6) is 23.0 Å². The van der Waals surface area contributed by atoms with Crippen molar-refractivity contribution >= 4 is 11.9 Å². The summed E-state index contributed by atoms with van der Waals surface area (Å²) in [6.45, 7) is 3.02. The number of hydrogen-bond donors (Lipinski definition) is 4. The van der Waals surface area contributed by atoms with Gasteiger partial charge >= 0.3 is 11.9 Å². The molecule has 4 rings (SSSR count). The molecule has 0 bridgehead atoms. The molecule has 3 aromatic rings. The van der Waals surface area contributed by atoms with Gasteiger partial charge in [-0.1, -0.05) is 24.3 Å². The monoisotopic (exact) mass is 464 g/mol. The minimum atomic E-state index is -0.843.